The first-order valence-electron chi connectivity index (χ1n) is 6.12. The van der Waals surface area contributed by atoms with Crippen LogP contribution in [-0.2, 0) is 0 Å². The molecule has 0 saturated carbocycles. The molecule has 5 N–H and O–H groups in total. The average molecular weight is 290 g/mol. The van der Waals surface area contributed by atoms with E-state index in [1.54, 1.807) is 6.07 Å². The van der Waals surface area contributed by atoms with Gasteiger partial charge in [-0.05, 0) is 43.2 Å². The molecule has 1 amide bonds. The smallest absolute Gasteiger partial charge is 0.250 e. The summed E-state index contributed by atoms with van der Waals surface area (Å²) in [7, 11) is 0. The van der Waals surface area contributed by atoms with Crippen LogP contribution in [0.1, 0.15) is 21.5 Å². The Kier molecular flexibility index (Phi) is 3.86. The van der Waals surface area contributed by atoms with E-state index in [2.05, 4.69) is 5.32 Å². The minimum absolute atomic E-state index is 0.274. The molecule has 5 heteroatoms. The van der Waals surface area contributed by atoms with Gasteiger partial charge in [-0.2, -0.15) is 0 Å². The van der Waals surface area contributed by atoms with E-state index in [-0.39, 0.29) is 5.56 Å². The second kappa shape index (κ2) is 5.43. The van der Waals surface area contributed by atoms with Crippen LogP contribution in [0.4, 0.5) is 17.1 Å². The second-order valence-electron chi connectivity index (χ2n) is 4.66. The zero-order chi connectivity index (χ0) is 14.9. The first-order valence-corrected chi connectivity index (χ1v) is 6.50. The van der Waals surface area contributed by atoms with Crippen LogP contribution >= 0.6 is 11.6 Å². The van der Waals surface area contributed by atoms with Crippen molar-refractivity contribution in [2.24, 2.45) is 5.73 Å². The predicted octanol–water partition coefficient (Wildman–Crippen LogP) is 3.38. The number of halogens is 1. The summed E-state index contributed by atoms with van der Waals surface area (Å²) < 4.78 is 0. The molecule has 0 spiro atoms. The number of nitrogens with two attached hydrogens (primary N) is 2. The minimum atomic E-state index is -0.577. The number of carbonyl (C=O) groups is 1. The maximum absolute atomic E-state index is 11.5. The highest BCUT2D eigenvalue weighted by Gasteiger charge is 2.14. The summed E-state index contributed by atoms with van der Waals surface area (Å²) >= 11 is 6.17. The van der Waals surface area contributed by atoms with Gasteiger partial charge in [0.2, 0.25) is 0 Å². The van der Waals surface area contributed by atoms with E-state index in [1.165, 1.54) is 6.07 Å². The van der Waals surface area contributed by atoms with Crippen molar-refractivity contribution in [1.29, 1.82) is 0 Å². The standard InChI is InChI=1S/C15H16ClN3O/c1-8-4-3-5-13(9(8)2)19-14-11(15(18)20)6-10(17)7-12(14)16/h3-7,19H,17H2,1-2H3,(H2,18,20). The SMILES string of the molecule is Cc1cccc(Nc2c(Cl)cc(N)cc2C(N)=O)c1C. The molecular weight excluding hydrogens is 274 g/mol. The lowest BCUT2D eigenvalue weighted by molar-refractivity contribution is 0.100. The molecule has 0 aromatic heterocycles. The molecule has 0 saturated heterocycles. The number of amides is 1. The first-order chi connectivity index (χ1) is 9.40. The Balaban J connectivity index is 2.53. The van der Waals surface area contributed by atoms with Crippen molar-refractivity contribution in [3.8, 4) is 0 Å². The van der Waals surface area contributed by atoms with Crippen LogP contribution in [-0.4, -0.2) is 5.91 Å². The minimum Gasteiger partial charge on any atom is -0.399 e. The Hall–Kier alpha value is -2.20. The molecule has 0 atom stereocenters. The van der Waals surface area contributed by atoms with E-state index in [9.17, 15) is 4.79 Å². The Labute approximate surface area is 122 Å². The van der Waals surface area contributed by atoms with E-state index >= 15 is 0 Å². The molecule has 2 rings (SSSR count). The van der Waals surface area contributed by atoms with Crippen molar-refractivity contribution < 1.29 is 4.79 Å². The van der Waals surface area contributed by atoms with Crippen molar-refractivity contribution in [2.45, 2.75) is 13.8 Å². The third-order valence-electron chi connectivity index (χ3n) is 3.24. The summed E-state index contributed by atoms with van der Waals surface area (Å²) in [6, 6.07) is 8.96. The molecule has 2 aromatic rings. The molecular formula is C15H16ClN3O. The van der Waals surface area contributed by atoms with Gasteiger partial charge in [-0.3, -0.25) is 4.79 Å². The zero-order valence-electron chi connectivity index (χ0n) is 11.3. The Morgan fingerprint density at radius 1 is 1.25 bits per heavy atom. The van der Waals surface area contributed by atoms with E-state index in [4.69, 9.17) is 23.1 Å². The van der Waals surface area contributed by atoms with Gasteiger partial charge in [-0.1, -0.05) is 23.7 Å². The van der Waals surface area contributed by atoms with Gasteiger partial charge in [-0.25, -0.2) is 0 Å². The molecule has 0 aliphatic carbocycles. The molecule has 0 heterocycles. The number of hydrogen-bond donors (Lipinski definition) is 3. The molecule has 0 aliphatic rings. The van der Waals surface area contributed by atoms with Crippen LogP contribution < -0.4 is 16.8 Å². The van der Waals surface area contributed by atoms with Crippen LogP contribution in [0.3, 0.4) is 0 Å². The maximum Gasteiger partial charge on any atom is 0.250 e. The molecule has 20 heavy (non-hydrogen) atoms. The van der Waals surface area contributed by atoms with Crippen LogP contribution in [0.15, 0.2) is 30.3 Å². The Bertz CT molecular complexity index is 683. The lowest BCUT2D eigenvalue weighted by atomic mass is 10.1. The normalized spacial score (nSPS) is 10.3. The number of hydrogen-bond acceptors (Lipinski definition) is 3. The van der Waals surface area contributed by atoms with Gasteiger partial charge in [0.15, 0.2) is 0 Å². The number of anilines is 3. The van der Waals surface area contributed by atoms with E-state index in [1.807, 2.05) is 32.0 Å². The van der Waals surface area contributed by atoms with E-state index in [0.29, 0.717) is 16.4 Å². The quantitative estimate of drug-likeness (QED) is 0.758. The molecule has 0 radical (unpaired) electrons. The number of rotatable bonds is 3. The number of carbonyl (C=O) groups excluding carboxylic acids is 1. The Morgan fingerprint density at radius 3 is 2.60 bits per heavy atom. The fraction of sp³-hybridized carbons (Fsp3) is 0.133. The summed E-state index contributed by atoms with van der Waals surface area (Å²) in [6.07, 6.45) is 0. The average Bonchev–Trinajstić information content (AvgIpc) is 2.37. The van der Waals surface area contributed by atoms with Crippen LogP contribution in [0.2, 0.25) is 5.02 Å². The molecule has 0 unspecified atom stereocenters. The Morgan fingerprint density at radius 2 is 1.95 bits per heavy atom. The summed E-state index contributed by atoms with van der Waals surface area (Å²) in [6.45, 7) is 4.01. The highest BCUT2D eigenvalue weighted by molar-refractivity contribution is 6.34. The fourth-order valence-corrected chi connectivity index (χ4v) is 2.25. The number of primary amides is 1. The highest BCUT2D eigenvalue weighted by atomic mass is 35.5. The number of nitrogens with one attached hydrogen (secondary N) is 1. The molecule has 0 fully saturated rings. The van der Waals surface area contributed by atoms with Gasteiger partial charge in [0.1, 0.15) is 0 Å². The number of aryl methyl sites for hydroxylation is 1. The van der Waals surface area contributed by atoms with Gasteiger partial charge in [0.05, 0.1) is 16.3 Å². The van der Waals surface area contributed by atoms with Crippen LogP contribution in [0.25, 0.3) is 0 Å². The summed E-state index contributed by atoms with van der Waals surface area (Å²) in [5.41, 5.74) is 15.3. The molecule has 104 valence electrons. The second-order valence-corrected chi connectivity index (χ2v) is 5.07. The van der Waals surface area contributed by atoms with Crippen LogP contribution in [0, 0.1) is 13.8 Å². The first kappa shape index (κ1) is 14.2. The highest BCUT2D eigenvalue weighted by Crippen LogP contribution is 2.33. The van der Waals surface area contributed by atoms with Gasteiger partial charge in [0, 0.05) is 11.4 Å². The summed E-state index contributed by atoms with van der Waals surface area (Å²) in [5.74, 6) is -0.577. The molecule has 0 bridgehead atoms. The molecule has 2 aromatic carbocycles. The van der Waals surface area contributed by atoms with Crippen LogP contribution in [0.5, 0.6) is 0 Å². The third kappa shape index (κ3) is 2.70. The van der Waals surface area contributed by atoms with E-state index < -0.39 is 5.91 Å². The van der Waals surface area contributed by atoms with Crippen molar-refractivity contribution in [2.75, 3.05) is 11.1 Å². The lowest BCUT2D eigenvalue weighted by Gasteiger charge is -2.15. The van der Waals surface area contributed by atoms with E-state index in [0.717, 1.165) is 16.8 Å². The van der Waals surface area contributed by atoms with Gasteiger partial charge >= 0.3 is 0 Å². The topological polar surface area (TPSA) is 81.1 Å². The molecule has 4 nitrogen and oxygen atoms in total. The molecule has 0 aliphatic heterocycles. The van der Waals surface area contributed by atoms with Crippen molar-refractivity contribution in [1.82, 2.24) is 0 Å². The van der Waals surface area contributed by atoms with Gasteiger partial charge < -0.3 is 16.8 Å². The van der Waals surface area contributed by atoms with Crippen molar-refractivity contribution in [3.63, 3.8) is 0 Å². The van der Waals surface area contributed by atoms with Crippen molar-refractivity contribution >= 4 is 34.6 Å². The summed E-state index contributed by atoms with van der Waals surface area (Å²) in [5, 5.41) is 3.53. The number of benzene rings is 2. The van der Waals surface area contributed by atoms with Gasteiger partial charge in [0.25, 0.3) is 5.91 Å². The zero-order valence-corrected chi connectivity index (χ0v) is 12.1. The third-order valence-corrected chi connectivity index (χ3v) is 3.54. The largest absolute Gasteiger partial charge is 0.399 e. The van der Waals surface area contributed by atoms with Gasteiger partial charge in [-0.15, -0.1) is 0 Å². The number of nitrogen functional groups attached to an aromatic ring is 1. The maximum atomic E-state index is 11.5. The lowest BCUT2D eigenvalue weighted by Crippen LogP contribution is -2.14. The summed E-state index contributed by atoms with van der Waals surface area (Å²) in [4.78, 5) is 11.5. The van der Waals surface area contributed by atoms with Crippen molar-refractivity contribution in [3.05, 3.63) is 52.0 Å². The predicted molar refractivity (Wildman–Crippen MR) is 83.6 cm³/mol. The monoisotopic (exact) mass is 289 g/mol. The fourth-order valence-electron chi connectivity index (χ4n) is 1.97.